The van der Waals surface area contributed by atoms with Crippen LogP contribution in [0.2, 0.25) is 0 Å². The van der Waals surface area contributed by atoms with Crippen LogP contribution in [-0.4, -0.2) is 28.2 Å². The number of ether oxygens (including phenoxy) is 1. The molecule has 0 saturated heterocycles. The lowest BCUT2D eigenvalue weighted by atomic mass is 10.0. The van der Waals surface area contributed by atoms with E-state index in [1.54, 1.807) is 24.4 Å². The number of rotatable bonds is 3. The number of carbonyl (C=O) groups is 1. The molecule has 3 aromatic rings. The molecule has 0 unspecified atom stereocenters. The van der Waals surface area contributed by atoms with Crippen molar-refractivity contribution in [3.05, 3.63) is 65.6 Å². The summed E-state index contributed by atoms with van der Waals surface area (Å²) in [5.41, 5.74) is 1.98. The summed E-state index contributed by atoms with van der Waals surface area (Å²) in [6, 6.07) is 12.7. The standard InChI is InChI=1S/C16H14N2O3/c1-21-16(20)14-13(10-6-2-3-7-11(10)18-14)15(19)12-8-4-5-9-17-12/h2-9,15,18-19H,1H3/t15-/m1/s1. The molecule has 0 aliphatic rings. The summed E-state index contributed by atoms with van der Waals surface area (Å²) >= 11 is 0. The molecule has 0 amide bonds. The van der Waals surface area contributed by atoms with Crippen molar-refractivity contribution in [3.8, 4) is 0 Å². The second-order valence-corrected chi connectivity index (χ2v) is 4.61. The van der Waals surface area contributed by atoms with Crippen molar-refractivity contribution in [1.29, 1.82) is 0 Å². The molecular formula is C16H14N2O3. The molecule has 0 saturated carbocycles. The number of H-pyrrole nitrogens is 1. The van der Waals surface area contributed by atoms with Crippen LogP contribution in [0, 0.1) is 0 Å². The molecule has 2 aromatic heterocycles. The number of hydrogen-bond donors (Lipinski definition) is 2. The molecule has 21 heavy (non-hydrogen) atoms. The van der Waals surface area contributed by atoms with Gasteiger partial charge in [0.1, 0.15) is 11.8 Å². The van der Waals surface area contributed by atoms with Gasteiger partial charge in [-0.3, -0.25) is 4.98 Å². The zero-order valence-corrected chi connectivity index (χ0v) is 11.4. The molecule has 2 N–H and O–H groups in total. The van der Waals surface area contributed by atoms with Crippen LogP contribution in [0.25, 0.3) is 10.9 Å². The maximum atomic E-state index is 12.0. The highest BCUT2D eigenvalue weighted by molar-refractivity contribution is 5.98. The second kappa shape index (κ2) is 5.38. The van der Waals surface area contributed by atoms with E-state index in [0.717, 1.165) is 10.9 Å². The van der Waals surface area contributed by atoms with Gasteiger partial charge in [-0.2, -0.15) is 0 Å². The lowest BCUT2D eigenvalue weighted by molar-refractivity contribution is 0.0589. The Labute approximate surface area is 121 Å². The quantitative estimate of drug-likeness (QED) is 0.723. The summed E-state index contributed by atoms with van der Waals surface area (Å²) in [5, 5.41) is 11.4. The summed E-state index contributed by atoms with van der Waals surface area (Å²) in [7, 11) is 1.31. The predicted octanol–water partition coefficient (Wildman–Crippen LogP) is 2.43. The van der Waals surface area contributed by atoms with E-state index in [-0.39, 0.29) is 5.69 Å². The lowest BCUT2D eigenvalue weighted by Crippen LogP contribution is -2.10. The third-order valence-electron chi connectivity index (χ3n) is 3.38. The van der Waals surface area contributed by atoms with Gasteiger partial charge in [-0.05, 0) is 18.2 Å². The third kappa shape index (κ3) is 2.28. The van der Waals surface area contributed by atoms with Crippen molar-refractivity contribution >= 4 is 16.9 Å². The van der Waals surface area contributed by atoms with E-state index in [1.165, 1.54) is 7.11 Å². The van der Waals surface area contributed by atoms with Crippen LogP contribution in [0.5, 0.6) is 0 Å². The number of nitrogens with zero attached hydrogens (tertiary/aromatic N) is 1. The highest BCUT2D eigenvalue weighted by Crippen LogP contribution is 2.31. The first kappa shape index (κ1) is 13.3. The van der Waals surface area contributed by atoms with Gasteiger partial charge in [0.25, 0.3) is 0 Å². The number of benzene rings is 1. The Balaban J connectivity index is 2.22. The second-order valence-electron chi connectivity index (χ2n) is 4.61. The largest absolute Gasteiger partial charge is 0.464 e. The van der Waals surface area contributed by atoms with Gasteiger partial charge in [0, 0.05) is 22.7 Å². The van der Waals surface area contributed by atoms with Crippen LogP contribution in [0.3, 0.4) is 0 Å². The van der Waals surface area contributed by atoms with Gasteiger partial charge in [-0.1, -0.05) is 24.3 Å². The van der Waals surface area contributed by atoms with Crippen LogP contribution in [0.1, 0.15) is 27.8 Å². The Kier molecular flexibility index (Phi) is 3.41. The van der Waals surface area contributed by atoms with Crippen molar-refractivity contribution in [2.24, 2.45) is 0 Å². The number of methoxy groups -OCH3 is 1. The van der Waals surface area contributed by atoms with E-state index >= 15 is 0 Å². The van der Waals surface area contributed by atoms with Crippen molar-refractivity contribution in [1.82, 2.24) is 9.97 Å². The van der Waals surface area contributed by atoms with Gasteiger partial charge in [-0.25, -0.2) is 4.79 Å². The first-order valence-electron chi connectivity index (χ1n) is 6.50. The Bertz CT molecular complexity index is 781. The monoisotopic (exact) mass is 282 g/mol. The molecule has 0 radical (unpaired) electrons. The lowest BCUT2D eigenvalue weighted by Gasteiger charge is -2.11. The molecule has 106 valence electrons. The van der Waals surface area contributed by atoms with Crippen molar-refractivity contribution in [2.75, 3.05) is 7.11 Å². The molecule has 5 nitrogen and oxygen atoms in total. The Hall–Kier alpha value is -2.66. The summed E-state index contributed by atoms with van der Waals surface area (Å²) in [6.45, 7) is 0. The Morgan fingerprint density at radius 2 is 2.00 bits per heavy atom. The smallest absolute Gasteiger partial charge is 0.354 e. The molecule has 0 spiro atoms. The van der Waals surface area contributed by atoms with Gasteiger partial charge in [0.15, 0.2) is 0 Å². The van der Waals surface area contributed by atoms with Crippen molar-refractivity contribution < 1.29 is 14.6 Å². The van der Waals surface area contributed by atoms with Crippen LogP contribution in [0.15, 0.2) is 48.7 Å². The highest BCUT2D eigenvalue weighted by Gasteiger charge is 2.25. The van der Waals surface area contributed by atoms with Gasteiger partial charge in [0.2, 0.25) is 0 Å². The predicted molar refractivity (Wildman–Crippen MR) is 77.9 cm³/mol. The minimum absolute atomic E-state index is 0.247. The molecule has 1 aromatic carbocycles. The Morgan fingerprint density at radius 3 is 2.71 bits per heavy atom. The fraction of sp³-hybridized carbons (Fsp3) is 0.125. The van der Waals surface area contributed by atoms with Gasteiger partial charge in [0.05, 0.1) is 12.8 Å². The number of nitrogens with one attached hydrogen (secondary N) is 1. The molecule has 0 fully saturated rings. The summed E-state index contributed by atoms with van der Waals surface area (Å²) in [6.07, 6.45) is 0.599. The van der Waals surface area contributed by atoms with E-state index < -0.39 is 12.1 Å². The average Bonchev–Trinajstić information content (AvgIpc) is 2.93. The SMILES string of the molecule is COC(=O)c1[nH]c2ccccc2c1[C@H](O)c1ccccn1. The molecule has 2 heterocycles. The number of aromatic amines is 1. The molecular weight excluding hydrogens is 268 g/mol. The number of esters is 1. The molecule has 0 aliphatic heterocycles. The van der Waals surface area contributed by atoms with Gasteiger partial charge in [-0.15, -0.1) is 0 Å². The number of carbonyl (C=O) groups excluding carboxylic acids is 1. The average molecular weight is 282 g/mol. The fourth-order valence-electron chi connectivity index (χ4n) is 2.40. The number of aliphatic hydroxyl groups is 1. The topological polar surface area (TPSA) is 75.2 Å². The normalized spacial score (nSPS) is 12.3. The van der Waals surface area contributed by atoms with Crippen LogP contribution >= 0.6 is 0 Å². The summed E-state index contributed by atoms with van der Waals surface area (Å²) in [5.74, 6) is -0.517. The van der Waals surface area contributed by atoms with E-state index in [2.05, 4.69) is 9.97 Å². The van der Waals surface area contributed by atoms with E-state index in [0.29, 0.717) is 11.3 Å². The first-order valence-corrected chi connectivity index (χ1v) is 6.50. The minimum Gasteiger partial charge on any atom is -0.464 e. The fourth-order valence-corrected chi connectivity index (χ4v) is 2.40. The van der Waals surface area contributed by atoms with Crippen molar-refractivity contribution in [3.63, 3.8) is 0 Å². The number of aliphatic hydroxyl groups excluding tert-OH is 1. The van der Waals surface area contributed by atoms with E-state index in [4.69, 9.17) is 4.74 Å². The van der Waals surface area contributed by atoms with Crippen LogP contribution in [-0.2, 0) is 4.74 Å². The van der Waals surface area contributed by atoms with Crippen LogP contribution in [0.4, 0.5) is 0 Å². The first-order chi connectivity index (χ1) is 10.2. The van der Waals surface area contributed by atoms with E-state index in [9.17, 15) is 9.90 Å². The van der Waals surface area contributed by atoms with Crippen LogP contribution < -0.4 is 0 Å². The number of fused-ring (bicyclic) bond motifs is 1. The molecule has 1 atom stereocenters. The van der Waals surface area contributed by atoms with Gasteiger partial charge >= 0.3 is 5.97 Å². The Morgan fingerprint density at radius 1 is 1.24 bits per heavy atom. The van der Waals surface area contributed by atoms with E-state index in [1.807, 2.05) is 24.3 Å². The molecule has 0 aliphatic carbocycles. The molecule has 0 bridgehead atoms. The maximum absolute atomic E-state index is 12.0. The maximum Gasteiger partial charge on any atom is 0.354 e. The summed E-state index contributed by atoms with van der Waals surface area (Å²) in [4.78, 5) is 19.1. The number of hydrogen-bond acceptors (Lipinski definition) is 4. The molecule has 3 rings (SSSR count). The van der Waals surface area contributed by atoms with Crippen molar-refractivity contribution in [2.45, 2.75) is 6.10 Å². The number of para-hydroxylation sites is 1. The van der Waals surface area contributed by atoms with Gasteiger partial charge < -0.3 is 14.8 Å². The minimum atomic E-state index is -1.00. The number of pyridine rings is 1. The third-order valence-corrected chi connectivity index (χ3v) is 3.38. The zero-order valence-electron chi connectivity index (χ0n) is 11.4. The molecule has 5 heteroatoms. The zero-order chi connectivity index (χ0) is 14.8. The summed E-state index contributed by atoms with van der Waals surface area (Å²) < 4.78 is 4.79. The number of aromatic nitrogens is 2. The highest BCUT2D eigenvalue weighted by atomic mass is 16.5.